The zero-order chi connectivity index (χ0) is 15.4. The minimum absolute atomic E-state index is 0.117. The summed E-state index contributed by atoms with van der Waals surface area (Å²) in [7, 11) is 1.65. The molecule has 3 N–H and O–H groups in total. The highest BCUT2D eigenvalue weighted by atomic mass is 32.2. The number of nitriles is 1. The summed E-state index contributed by atoms with van der Waals surface area (Å²) in [6, 6.07) is 10.2. The van der Waals surface area contributed by atoms with Gasteiger partial charge in [-0.3, -0.25) is 0 Å². The number of thiophene rings is 1. The van der Waals surface area contributed by atoms with Gasteiger partial charge in [-0.05, 0) is 30.9 Å². The third kappa shape index (κ3) is 3.26. The molecule has 1 aromatic heterocycles. The van der Waals surface area contributed by atoms with Gasteiger partial charge in [-0.1, -0.05) is 12.1 Å². The van der Waals surface area contributed by atoms with E-state index >= 15 is 0 Å². The Morgan fingerprint density at radius 1 is 1.38 bits per heavy atom. The van der Waals surface area contributed by atoms with Gasteiger partial charge < -0.3 is 15.8 Å². The van der Waals surface area contributed by atoms with Crippen LogP contribution in [0.4, 0.5) is 10.7 Å². The van der Waals surface area contributed by atoms with Crippen LogP contribution in [0.25, 0.3) is 0 Å². The largest absolute Gasteiger partial charge is 0.497 e. The maximum Gasteiger partial charge on any atom is 0.131 e. The van der Waals surface area contributed by atoms with E-state index in [2.05, 4.69) is 18.3 Å². The maximum absolute atomic E-state index is 9.09. The number of nitrogens with zero attached hydrogens (tertiary/aromatic N) is 1. The van der Waals surface area contributed by atoms with Gasteiger partial charge in [0.15, 0.2) is 0 Å². The molecule has 4 nitrogen and oxygen atoms in total. The standard InChI is InChI=1S/C15H17N3OS2/c1-9(10-4-6-11(19-2)7-5-10)18-15-14(20-3)13(17)12(8-16)21-15/h4-7,9,18H,17H2,1-3H3. The number of nitrogens with two attached hydrogens (primary N) is 1. The zero-order valence-electron chi connectivity index (χ0n) is 12.1. The highest BCUT2D eigenvalue weighted by molar-refractivity contribution is 7.99. The Kier molecular flexibility index (Phi) is 4.99. The van der Waals surface area contributed by atoms with Crippen LogP contribution < -0.4 is 15.8 Å². The Hall–Kier alpha value is -1.84. The molecular formula is C15H17N3OS2. The van der Waals surface area contributed by atoms with E-state index in [1.807, 2.05) is 30.5 Å². The topological polar surface area (TPSA) is 71.1 Å². The van der Waals surface area contributed by atoms with E-state index in [0.717, 1.165) is 21.2 Å². The lowest BCUT2D eigenvalue weighted by Gasteiger charge is -2.15. The van der Waals surface area contributed by atoms with Gasteiger partial charge >= 0.3 is 0 Å². The highest BCUT2D eigenvalue weighted by Gasteiger charge is 2.17. The number of benzene rings is 1. The molecule has 0 saturated carbocycles. The molecule has 0 aliphatic heterocycles. The number of hydrogen-bond acceptors (Lipinski definition) is 6. The third-order valence-corrected chi connectivity index (χ3v) is 5.17. The van der Waals surface area contributed by atoms with Gasteiger partial charge in [0.2, 0.25) is 0 Å². The first-order valence-corrected chi connectivity index (χ1v) is 8.41. The van der Waals surface area contributed by atoms with Crippen molar-refractivity contribution < 1.29 is 4.74 Å². The van der Waals surface area contributed by atoms with Crippen LogP contribution in [-0.2, 0) is 0 Å². The summed E-state index contributed by atoms with van der Waals surface area (Å²) >= 11 is 2.95. The summed E-state index contributed by atoms with van der Waals surface area (Å²) in [5, 5.41) is 13.5. The first kappa shape index (κ1) is 15.5. The van der Waals surface area contributed by atoms with Crippen molar-refractivity contribution in [2.45, 2.75) is 17.9 Å². The number of methoxy groups -OCH3 is 1. The van der Waals surface area contributed by atoms with E-state index in [1.54, 1.807) is 18.9 Å². The molecule has 0 aliphatic carbocycles. The molecular weight excluding hydrogens is 302 g/mol. The smallest absolute Gasteiger partial charge is 0.131 e. The van der Waals surface area contributed by atoms with Crippen molar-refractivity contribution in [3.63, 3.8) is 0 Å². The Labute approximate surface area is 132 Å². The molecule has 0 fully saturated rings. The van der Waals surface area contributed by atoms with Crippen LogP contribution in [-0.4, -0.2) is 13.4 Å². The lowest BCUT2D eigenvalue weighted by atomic mass is 10.1. The summed E-state index contributed by atoms with van der Waals surface area (Å²) in [5.74, 6) is 0.836. The summed E-state index contributed by atoms with van der Waals surface area (Å²) in [5.41, 5.74) is 7.70. The second-order valence-electron chi connectivity index (χ2n) is 4.46. The number of anilines is 2. The van der Waals surface area contributed by atoms with Crippen molar-refractivity contribution in [3.05, 3.63) is 34.7 Å². The molecule has 2 aromatic rings. The van der Waals surface area contributed by atoms with Crippen molar-refractivity contribution in [1.82, 2.24) is 0 Å². The lowest BCUT2D eigenvalue weighted by molar-refractivity contribution is 0.414. The van der Waals surface area contributed by atoms with E-state index in [-0.39, 0.29) is 6.04 Å². The first-order chi connectivity index (χ1) is 10.1. The monoisotopic (exact) mass is 319 g/mol. The Morgan fingerprint density at radius 3 is 2.57 bits per heavy atom. The molecule has 110 valence electrons. The molecule has 0 radical (unpaired) electrons. The fourth-order valence-corrected chi connectivity index (χ4v) is 3.89. The number of rotatable bonds is 5. The number of hydrogen-bond donors (Lipinski definition) is 2. The second kappa shape index (κ2) is 6.74. The zero-order valence-corrected chi connectivity index (χ0v) is 13.8. The van der Waals surface area contributed by atoms with Crippen LogP contribution in [0.2, 0.25) is 0 Å². The molecule has 0 bridgehead atoms. The van der Waals surface area contributed by atoms with Gasteiger partial charge in [-0.15, -0.1) is 23.1 Å². The molecule has 0 spiro atoms. The first-order valence-electron chi connectivity index (χ1n) is 6.37. The second-order valence-corrected chi connectivity index (χ2v) is 6.30. The van der Waals surface area contributed by atoms with Crippen LogP contribution in [0, 0.1) is 11.3 Å². The van der Waals surface area contributed by atoms with Crippen LogP contribution in [0.15, 0.2) is 29.2 Å². The maximum atomic E-state index is 9.09. The molecule has 21 heavy (non-hydrogen) atoms. The number of ether oxygens (including phenoxy) is 1. The summed E-state index contributed by atoms with van der Waals surface area (Å²) in [6.45, 7) is 2.08. The Morgan fingerprint density at radius 2 is 2.05 bits per heavy atom. The fraction of sp³-hybridized carbons (Fsp3) is 0.267. The highest BCUT2D eigenvalue weighted by Crippen LogP contribution is 2.42. The van der Waals surface area contributed by atoms with Gasteiger partial charge in [-0.2, -0.15) is 5.26 Å². The average molecular weight is 319 g/mol. The van der Waals surface area contributed by atoms with Crippen LogP contribution in [0.5, 0.6) is 5.75 Å². The molecule has 1 aromatic carbocycles. The van der Waals surface area contributed by atoms with Gasteiger partial charge in [0.1, 0.15) is 21.7 Å². The fourth-order valence-electron chi connectivity index (χ4n) is 1.98. The number of nitrogens with one attached hydrogen (secondary N) is 1. The van der Waals surface area contributed by atoms with Gasteiger partial charge in [-0.25, -0.2) is 0 Å². The van der Waals surface area contributed by atoms with Gasteiger partial charge in [0, 0.05) is 6.04 Å². The van der Waals surface area contributed by atoms with E-state index < -0.39 is 0 Å². The van der Waals surface area contributed by atoms with E-state index in [0.29, 0.717) is 10.6 Å². The molecule has 0 amide bonds. The van der Waals surface area contributed by atoms with Crippen molar-refractivity contribution in [2.24, 2.45) is 0 Å². The number of nitrogen functional groups attached to an aromatic ring is 1. The molecule has 1 unspecified atom stereocenters. The summed E-state index contributed by atoms with van der Waals surface area (Å²) < 4.78 is 5.16. The molecule has 0 aliphatic rings. The molecule has 1 atom stereocenters. The predicted molar refractivity (Wildman–Crippen MR) is 90.3 cm³/mol. The van der Waals surface area contributed by atoms with Crippen molar-refractivity contribution in [1.29, 1.82) is 5.26 Å². The van der Waals surface area contributed by atoms with E-state index in [4.69, 9.17) is 15.7 Å². The number of thioether (sulfide) groups is 1. The van der Waals surface area contributed by atoms with E-state index in [9.17, 15) is 0 Å². The normalized spacial score (nSPS) is 11.7. The van der Waals surface area contributed by atoms with Crippen molar-refractivity contribution >= 4 is 33.8 Å². The van der Waals surface area contributed by atoms with Crippen LogP contribution >= 0.6 is 23.1 Å². The van der Waals surface area contributed by atoms with E-state index in [1.165, 1.54) is 11.3 Å². The predicted octanol–water partition coefficient (Wildman–Crippen LogP) is 4.11. The van der Waals surface area contributed by atoms with Gasteiger partial charge in [0.25, 0.3) is 0 Å². The summed E-state index contributed by atoms with van der Waals surface area (Å²) in [6.07, 6.45) is 1.96. The Bertz CT molecular complexity index is 659. The van der Waals surface area contributed by atoms with Crippen LogP contribution in [0.3, 0.4) is 0 Å². The molecule has 0 saturated heterocycles. The van der Waals surface area contributed by atoms with Crippen molar-refractivity contribution in [2.75, 3.05) is 24.4 Å². The molecule has 1 heterocycles. The summed E-state index contributed by atoms with van der Waals surface area (Å²) in [4.78, 5) is 1.50. The van der Waals surface area contributed by atoms with Gasteiger partial charge in [0.05, 0.1) is 17.7 Å². The van der Waals surface area contributed by atoms with Crippen molar-refractivity contribution in [3.8, 4) is 11.8 Å². The minimum atomic E-state index is 0.117. The molecule has 6 heteroatoms. The van der Waals surface area contributed by atoms with Crippen LogP contribution in [0.1, 0.15) is 23.4 Å². The minimum Gasteiger partial charge on any atom is -0.497 e. The Balaban J connectivity index is 2.22. The average Bonchev–Trinajstić information content (AvgIpc) is 2.82. The quantitative estimate of drug-likeness (QED) is 0.812. The molecule has 2 rings (SSSR count). The SMILES string of the molecule is COc1ccc(C(C)Nc2sc(C#N)c(N)c2SC)cc1. The lowest BCUT2D eigenvalue weighted by Crippen LogP contribution is -2.06. The third-order valence-electron chi connectivity index (χ3n) is 3.17.